The molecule has 0 atom stereocenters. The van der Waals surface area contributed by atoms with E-state index in [9.17, 15) is 14.4 Å². The van der Waals surface area contributed by atoms with Crippen LogP contribution in [0.2, 0.25) is 0 Å². The minimum absolute atomic E-state index is 0.0931. The average Bonchev–Trinajstić information content (AvgIpc) is 3.35. The highest BCUT2D eigenvalue weighted by Crippen LogP contribution is 2.41. The van der Waals surface area contributed by atoms with E-state index in [0.717, 1.165) is 22.0 Å². The van der Waals surface area contributed by atoms with Crippen LogP contribution in [0.15, 0.2) is 59.8 Å². The number of ether oxygens (including phenoxy) is 2. The third-order valence-electron chi connectivity index (χ3n) is 6.05. The van der Waals surface area contributed by atoms with E-state index >= 15 is 0 Å². The lowest BCUT2D eigenvalue weighted by Crippen LogP contribution is -2.13. The maximum Gasteiger partial charge on any atom is 0.332 e. The molecule has 1 aliphatic rings. The van der Waals surface area contributed by atoms with Crippen molar-refractivity contribution in [1.82, 2.24) is 4.57 Å². The summed E-state index contributed by atoms with van der Waals surface area (Å²) in [5.74, 6) is -1.23. The average molecular weight is 470 g/mol. The lowest BCUT2D eigenvalue weighted by molar-refractivity contribution is -0.141. The van der Waals surface area contributed by atoms with E-state index < -0.39 is 11.8 Å². The normalized spacial score (nSPS) is 13.9. The molecule has 0 radical (unpaired) electrons. The van der Waals surface area contributed by atoms with Gasteiger partial charge < -0.3 is 18.9 Å². The number of hydrogen-bond acceptors (Lipinski definition) is 7. The maximum absolute atomic E-state index is 13.3. The van der Waals surface area contributed by atoms with Crippen LogP contribution in [-0.4, -0.2) is 41.7 Å². The van der Waals surface area contributed by atoms with Crippen molar-refractivity contribution in [2.24, 2.45) is 5.16 Å². The zero-order chi connectivity index (χ0) is 24.7. The number of aryl methyl sites for hydroxylation is 1. The smallest absolute Gasteiger partial charge is 0.332 e. The van der Waals surface area contributed by atoms with Crippen molar-refractivity contribution in [2.75, 3.05) is 13.7 Å². The van der Waals surface area contributed by atoms with Crippen LogP contribution >= 0.6 is 0 Å². The van der Waals surface area contributed by atoms with E-state index in [1.165, 1.54) is 6.92 Å². The minimum Gasteiger partial charge on any atom is -0.432 e. The van der Waals surface area contributed by atoms with Gasteiger partial charge in [0.1, 0.15) is 0 Å². The van der Waals surface area contributed by atoms with Crippen molar-refractivity contribution < 1.29 is 28.7 Å². The number of carbonyl (C=O) groups is 3. The fourth-order valence-corrected chi connectivity index (χ4v) is 4.42. The number of benzene rings is 3. The lowest BCUT2D eigenvalue weighted by Gasteiger charge is -2.08. The van der Waals surface area contributed by atoms with Crippen molar-refractivity contribution in [3.63, 3.8) is 0 Å². The number of Topliss-reactive ketones (excluding diaryl/α,β-unsaturated/α-hetero) is 1. The molecule has 0 spiro atoms. The first-order valence-corrected chi connectivity index (χ1v) is 11.1. The predicted molar refractivity (Wildman–Crippen MR) is 130 cm³/mol. The molecule has 1 aliphatic heterocycles. The fourth-order valence-electron chi connectivity index (χ4n) is 4.42. The molecule has 3 aromatic carbocycles. The second-order valence-electron chi connectivity index (χ2n) is 8.27. The number of rotatable bonds is 6. The van der Waals surface area contributed by atoms with Crippen molar-refractivity contribution in [1.29, 1.82) is 0 Å². The molecule has 0 fully saturated rings. The number of fused-ring (bicyclic) bond motifs is 5. The third-order valence-corrected chi connectivity index (χ3v) is 6.05. The monoisotopic (exact) mass is 470 g/mol. The van der Waals surface area contributed by atoms with Gasteiger partial charge in [0.2, 0.25) is 0 Å². The van der Waals surface area contributed by atoms with Gasteiger partial charge in [-0.1, -0.05) is 24.3 Å². The summed E-state index contributed by atoms with van der Waals surface area (Å²) in [6, 6.07) is 16.5. The van der Waals surface area contributed by atoms with E-state index in [1.807, 2.05) is 43.3 Å². The number of ketones is 2. The molecule has 176 valence electrons. The highest BCUT2D eigenvalue weighted by Gasteiger charge is 2.33. The molecule has 2 heterocycles. The first-order chi connectivity index (χ1) is 16.9. The standard InChI is InChI=1S/C27H22N2O6/c1-15-6-4-5-7-18(15)24(31)17-8-10-21-20(14-17)23-22(29(21)12-13-33-3)11-9-19-25(32)27(34-26(19)23)28-35-16(2)30/h4-11,14H,12-13H2,1-3H3. The molecule has 8 heteroatoms. The van der Waals surface area contributed by atoms with Gasteiger partial charge in [-0.25, -0.2) is 4.79 Å². The van der Waals surface area contributed by atoms with Crippen LogP contribution in [0.5, 0.6) is 5.75 Å². The van der Waals surface area contributed by atoms with Crippen LogP contribution in [0.1, 0.15) is 38.8 Å². The molecule has 8 nitrogen and oxygen atoms in total. The van der Waals surface area contributed by atoms with Crippen molar-refractivity contribution in [3.8, 4) is 5.75 Å². The molecule has 5 rings (SSSR count). The molecule has 0 bridgehead atoms. The zero-order valence-electron chi connectivity index (χ0n) is 19.5. The Labute approximate surface area is 200 Å². The number of nitrogens with zero attached hydrogens (tertiary/aromatic N) is 2. The van der Waals surface area contributed by atoms with E-state index in [1.54, 1.807) is 25.3 Å². The molecule has 0 aliphatic carbocycles. The number of methoxy groups -OCH3 is 1. The Morgan fingerprint density at radius 2 is 1.83 bits per heavy atom. The van der Waals surface area contributed by atoms with Gasteiger partial charge >= 0.3 is 11.9 Å². The molecule has 0 amide bonds. The van der Waals surface area contributed by atoms with E-state index in [4.69, 9.17) is 9.47 Å². The summed E-state index contributed by atoms with van der Waals surface area (Å²) in [7, 11) is 1.63. The van der Waals surface area contributed by atoms with Crippen LogP contribution in [0.4, 0.5) is 0 Å². The third kappa shape index (κ3) is 3.77. The van der Waals surface area contributed by atoms with Gasteiger partial charge in [0.15, 0.2) is 11.5 Å². The SMILES string of the molecule is COCCn1c2ccc(C(=O)c3ccccc3C)cc2c2c3c(ccc21)C(=O)C(=NOC(C)=O)O3. The Morgan fingerprint density at radius 3 is 2.57 bits per heavy atom. The predicted octanol–water partition coefficient (Wildman–Crippen LogP) is 4.43. The highest BCUT2D eigenvalue weighted by molar-refractivity contribution is 6.47. The summed E-state index contributed by atoms with van der Waals surface area (Å²) in [5.41, 5.74) is 4.04. The van der Waals surface area contributed by atoms with Gasteiger partial charge in [-0.2, -0.15) is 0 Å². The van der Waals surface area contributed by atoms with Crippen LogP contribution < -0.4 is 4.74 Å². The number of aromatic nitrogens is 1. The van der Waals surface area contributed by atoms with Gasteiger partial charge in [0.25, 0.3) is 5.78 Å². The summed E-state index contributed by atoms with van der Waals surface area (Å²) < 4.78 is 13.2. The Hall–Kier alpha value is -4.30. The van der Waals surface area contributed by atoms with Crippen LogP contribution in [0.25, 0.3) is 21.8 Å². The van der Waals surface area contributed by atoms with E-state index in [0.29, 0.717) is 41.0 Å². The summed E-state index contributed by atoms with van der Waals surface area (Å²) in [5, 5.41) is 5.00. The Balaban J connectivity index is 1.73. The molecule has 4 aromatic rings. The van der Waals surface area contributed by atoms with Gasteiger partial charge in [-0.3, -0.25) is 9.59 Å². The van der Waals surface area contributed by atoms with Crippen molar-refractivity contribution >= 4 is 45.2 Å². The molecule has 0 unspecified atom stereocenters. The number of oxime groups is 1. The second kappa shape index (κ2) is 8.81. The quantitative estimate of drug-likeness (QED) is 0.235. The van der Waals surface area contributed by atoms with Crippen molar-refractivity contribution in [3.05, 3.63) is 76.9 Å². The second-order valence-corrected chi connectivity index (χ2v) is 8.27. The topological polar surface area (TPSA) is 96.2 Å². The molecule has 0 saturated carbocycles. The van der Waals surface area contributed by atoms with Crippen molar-refractivity contribution in [2.45, 2.75) is 20.4 Å². The largest absolute Gasteiger partial charge is 0.432 e. The summed E-state index contributed by atoms with van der Waals surface area (Å²) in [6.45, 7) is 4.12. The Morgan fingerprint density at radius 1 is 1.06 bits per heavy atom. The minimum atomic E-state index is -0.662. The molecular formula is C27H22N2O6. The first kappa shape index (κ1) is 22.5. The van der Waals surface area contributed by atoms with Gasteiger partial charge in [0, 0.05) is 42.6 Å². The molecular weight excluding hydrogens is 448 g/mol. The van der Waals surface area contributed by atoms with Crippen LogP contribution in [-0.2, 0) is 20.9 Å². The van der Waals surface area contributed by atoms with Crippen LogP contribution in [0, 0.1) is 6.92 Å². The molecule has 1 aromatic heterocycles. The molecule has 0 N–H and O–H groups in total. The lowest BCUT2D eigenvalue weighted by atomic mass is 9.97. The molecule has 0 saturated heterocycles. The highest BCUT2D eigenvalue weighted by atomic mass is 16.7. The summed E-state index contributed by atoms with van der Waals surface area (Å²) in [4.78, 5) is 42.0. The van der Waals surface area contributed by atoms with Gasteiger partial charge in [-0.15, -0.1) is 0 Å². The molecule has 35 heavy (non-hydrogen) atoms. The summed E-state index contributed by atoms with van der Waals surface area (Å²) >= 11 is 0. The van der Waals surface area contributed by atoms with Crippen LogP contribution in [0.3, 0.4) is 0 Å². The zero-order valence-corrected chi connectivity index (χ0v) is 19.5. The van der Waals surface area contributed by atoms with E-state index in [2.05, 4.69) is 14.6 Å². The van der Waals surface area contributed by atoms with Gasteiger partial charge in [-0.05, 0) is 48.0 Å². The first-order valence-electron chi connectivity index (χ1n) is 11.1. The number of carbonyl (C=O) groups excluding carboxylic acids is 3. The Kier molecular flexibility index (Phi) is 5.66. The van der Waals surface area contributed by atoms with E-state index in [-0.39, 0.29) is 11.7 Å². The Bertz CT molecular complexity index is 1560. The van der Waals surface area contributed by atoms with Gasteiger partial charge in [0.05, 0.1) is 23.1 Å². The number of hydrogen-bond donors (Lipinski definition) is 0. The fraction of sp³-hybridized carbons (Fsp3) is 0.185. The summed E-state index contributed by atoms with van der Waals surface area (Å²) in [6.07, 6.45) is 0. The maximum atomic E-state index is 13.3.